The molecule has 4 rings (SSSR count). The Morgan fingerprint density at radius 2 is 1.73 bits per heavy atom. The molecule has 1 unspecified atom stereocenters. The third-order valence-corrected chi connectivity index (χ3v) is 6.96. The van der Waals surface area contributed by atoms with Crippen LogP contribution in [0.2, 0.25) is 0 Å². The van der Waals surface area contributed by atoms with Crippen molar-refractivity contribution in [2.24, 2.45) is 11.8 Å². The van der Waals surface area contributed by atoms with Gasteiger partial charge in [0.2, 0.25) is 0 Å². The van der Waals surface area contributed by atoms with Crippen LogP contribution in [0, 0.1) is 11.8 Å². The van der Waals surface area contributed by atoms with Crippen LogP contribution >= 0.6 is 0 Å². The maximum absolute atomic E-state index is 13.4. The summed E-state index contributed by atoms with van der Waals surface area (Å²) in [5, 5.41) is 2.93. The fraction of sp³-hybridized carbons (Fsp3) is 0.481. The number of hydrogen-bond acceptors (Lipinski definition) is 4. The predicted octanol–water partition coefficient (Wildman–Crippen LogP) is 4.53. The van der Waals surface area contributed by atoms with E-state index >= 15 is 0 Å². The van der Waals surface area contributed by atoms with Crippen LogP contribution in [0.15, 0.2) is 48.5 Å². The smallest absolute Gasteiger partial charge is 0.255 e. The molecule has 6 nitrogen and oxygen atoms in total. The SMILES string of the molecule is COc1ccc(C(=O)Nc2ccccc2C(=O)N2CCCC(CN3CCC(C)CC3)C2)cc1. The number of nitrogens with one attached hydrogen (secondary N) is 1. The summed E-state index contributed by atoms with van der Waals surface area (Å²) in [6.45, 7) is 7.31. The van der Waals surface area contributed by atoms with Crippen LogP contribution in [0.1, 0.15) is 53.3 Å². The zero-order valence-electron chi connectivity index (χ0n) is 19.8. The molecule has 0 spiro atoms. The van der Waals surface area contributed by atoms with Crippen LogP contribution in [-0.2, 0) is 0 Å². The van der Waals surface area contributed by atoms with Crippen molar-refractivity contribution in [1.82, 2.24) is 9.80 Å². The summed E-state index contributed by atoms with van der Waals surface area (Å²) >= 11 is 0. The van der Waals surface area contributed by atoms with E-state index in [0.717, 1.165) is 32.0 Å². The largest absolute Gasteiger partial charge is 0.497 e. The summed E-state index contributed by atoms with van der Waals surface area (Å²) in [7, 11) is 1.59. The quantitative estimate of drug-likeness (QED) is 0.704. The molecule has 2 aromatic carbocycles. The lowest BCUT2D eigenvalue weighted by Crippen LogP contribution is -2.45. The maximum Gasteiger partial charge on any atom is 0.255 e. The molecule has 2 aliphatic heterocycles. The van der Waals surface area contributed by atoms with E-state index in [-0.39, 0.29) is 11.8 Å². The van der Waals surface area contributed by atoms with Gasteiger partial charge in [-0.25, -0.2) is 0 Å². The van der Waals surface area contributed by atoms with Crippen molar-refractivity contribution in [2.75, 3.05) is 45.2 Å². The first-order chi connectivity index (χ1) is 16.0. The van der Waals surface area contributed by atoms with Crippen molar-refractivity contribution in [3.8, 4) is 5.75 Å². The van der Waals surface area contributed by atoms with Crippen molar-refractivity contribution >= 4 is 17.5 Å². The van der Waals surface area contributed by atoms with Crippen molar-refractivity contribution in [1.29, 1.82) is 0 Å². The highest BCUT2D eigenvalue weighted by atomic mass is 16.5. The molecular formula is C27H35N3O3. The molecule has 0 saturated carbocycles. The van der Waals surface area contributed by atoms with Gasteiger partial charge in [0.15, 0.2) is 0 Å². The van der Waals surface area contributed by atoms with Crippen molar-refractivity contribution in [3.63, 3.8) is 0 Å². The number of amides is 2. The number of anilines is 1. The van der Waals surface area contributed by atoms with Gasteiger partial charge in [-0.2, -0.15) is 0 Å². The average molecular weight is 450 g/mol. The molecule has 2 aliphatic rings. The first-order valence-electron chi connectivity index (χ1n) is 12.1. The van der Waals surface area contributed by atoms with Crippen LogP contribution < -0.4 is 10.1 Å². The van der Waals surface area contributed by atoms with E-state index in [9.17, 15) is 9.59 Å². The van der Waals surface area contributed by atoms with Crippen LogP contribution in [0.5, 0.6) is 5.75 Å². The number of rotatable bonds is 6. The van der Waals surface area contributed by atoms with Crippen LogP contribution in [-0.4, -0.2) is 61.4 Å². The summed E-state index contributed by atoms with van der Waals surface area (Å²) in [6, 6.07) is 14.2. The monoisotopic (exact) mass is 449 g/mol. The van der Waals surface area contributed by atoms with Gasteiger partial charge in [0.05, 0.1) is 18.4 Å². The summed E-state index contributed by atoms with van der Waals surface area (Å²) in [5.74, 6) is 1.79. The Bertz CT molecular complexity index is 951. The number of hydrogen-bond donors (Lipinski definition) is 1. The second-order valence-electron chi connectivity index (χ2n) is 9.47. The van der Waals surface area contributed by atoms with E-state index in [1.807, 2.05) is 23.1 Å². The maximum atomic E-state index is 13.4. The van der Waals surface area contributed by atoms with E-state index in [4.69, 9.17) is 4.74 Å². The minimum Gasteiger partial charge on any atom is -0.497 e. The number of likely N-dealkylation sites (tertiary alicyclic amines) is 2. The van der Waals surface area contributed by atoms with Gasteiger partial charge in [-0.3, -0.25) is 9.59 Å². The lowest BCUT2D eigenvalue weighted by Gasteiger charge is -2.38. The number of ether oxygens (including phenoxy) is 1. The molecule has 1 atom stereocenters. The van der Waals surface area contributed by atoms with Gasteiger partial charge in [-0.05, 0) is 87.0 Å². The first kappa shape index (κ1) is 23.3. The fourth-order valence-corrected chi connectivity index (χ4v) is 4.89. The van der Waals surface area contributed by atoms with Gasteiger partial charge in [0, 0.05) is 25.2 Å². The third kappa shape index (κ3) is 5.93. The molecule has 0 bridgehead atoms. The van der Waals surface area contributed by atoms with E-state index < -0.39 is 0 Å². The van der Waals surface area contributed by atoms with Crippen LogP contribution in [0.3, 0.4) is 0 Å². The Kier molecular flexibility index (Phi) is 7.65. The zero-order chi connectivity index (χ0) is 23.2. The average Bonchev–Trinajstić information content (AvgIpc) is 2.85. The van der Waals surface area contributed by atoms with Crippen molar-refractivity contribution < 1.29 is 14.3 Å². The number of benzene rings is 2. The van der Waals surface area contributed by atoms with E-state index in [1.165, 1.54) is 32.4 Å². The predicted molar refractivity (Wildman–Crippen MR) is 131 cm³/mol. The summed E-state index contributed by atoms with van der Waals surface area (Å²) in [5.41, 5.74) is 1.62. The minimum atomic E-state index is -0.242. The molecule has 176 valence electrons. The Hall–Kier alpha value is -2.86. The standard InChI is InChI=1S/C27H35N3O3/c1-20-13-16-29(17-14-20)18-21-6-5-15-30(19-21)27(32)24-7-3-4-8-25(24)28-26(31)22-9-11-23(33-2)12-10-22/h3-4,7-12,20-21H,5-6,13-19H2,1-2H3,(H,28,31). The lowest BCUT2D eigenvalue weighted by atomic mass is 9.94. The zero-order valence-corrected chi connectivity index (χ0v) is 19.8. The van der Waals surface area contributed by atoms with Crippen LogP contribution in [0.4, 0.5) is 5.69 Å². The number of carbonyl (C=O) groups excluding carboxylic acids is 2. The first-order valence-corrected chi connectivity index (χ1v) is 12.1. The summed E-state index contributed by atoms with van der Waals surface area (Å²) in [4.78, 5) is 30.8. The van der Waals surface area contributed by atoms with Gasteiger partial charge in [0.25, 0.3) is 11.8 Å². The highest BCUT2D eigenvalue weighted by molar-refractivity contribution is 6.09. The number of carbonyl (C=O) groups is 2. The number of piperidine rings is 2. The third-order valence-electron chi connectivity index (χ3n) is 6.96. The van der Waals surface area contributed by atoms with Crippen molar-refractivity contribution in [2.45, 2.75) is 32.6 Å². The molecule has 2 amide bonds. The van der Waals surface area contributed by atoms with Gasteiger partial charge < -0.3 is 19.9 Å². The van der Waals surface area contributed by atoms with E-state index in [1.54, 1.807) is 37.4 Å². The molecule has 0 aromatic heterocycles. The molecule has 2 fully saturated rings. The summed E-state index contributed by atoms with van der Waals surface area (Å²) < 4.78 is 5.16. The Balaban J connectivity index is 1.41. The molecule has 0 radical (unpaired) electrons. The molecule has 2 saturated heterocycles. The minimum absolute atomic E-state index is 0.00222. The fourth-order valence-electron chi connectivity index (χ4n) is 4.89. The van der Waals surface area contributed by atoms with E-state index in [0.29, 0.717) is 28.5 Å². The molecule has 1 N–H and O–H groups in total. The lowest BCUT2D eigenvalue weighted by molar-refractivity contribution is 0.0623. The number of para-hydroxylation sites is 1. The molecule has 2 heterocycles. The molecule has 0 aliphatic carbocycles. The topological polar surface area (TPSA) is 61.9 Å². The molecule has 33 heavy (non-hydrogen) atoms. The molecule has 6 heteroatoms. The Labute approximate surface area is 196 Å². The van der Waals surface area contributed by atoms with Gasteiger partial charge >= 0.3 is 0 Å². The number of methoxy groups -OCH3 is 1. The normalized spacial score (nSPS) is 19.8. The van der Waals surface area contributed by atoms with E-state index in [2.05, 4.69) is 17.1 Å². The number of nitrogens with zero attached hydrogens (tertiary/aromatic N) is 2. The Morgan fingerprint density at radius 3 is 2.45 bits per heavy atom. The Morgan fingerprint density at radius 1 is 1.00 bits per heavy atom. The second-order valence-corrected chi connectivity index (χ2v) is 9.47. The van der Waals surface area contributed by atoms with Gasteiger partial charge in [-0.1, -0.05) is 19.1 Å². The van der Waals surface area contributed by atoms with Gasteiger partial charge in [0.1, 0.15) is 5.75 Å². The molecular weight excluding hydrogens is 414 g/mol. The highest BCUT2D eigenvalue weighted by Gasteiger charge is 2.28. The highest BCUT2D eigenvalue weighted by Crippen LogP contribution is 2.25. The van der Waals surface area contributed by atoms with Crippen molar-refractivity contribution in [3.05, 3.63) is 59.7 Å². The van der Waals surface area contributed by atoms with Gasteiger partial charge in [-0.15, -0.1) is 0 Å². The molecule has 2 aromatic rings. The summed E-state index contributed by atoms with van der Waals surface area (Å²) in [6.07, 6.45) is 4.75. The van der Waals surface area contributed by atoms with Crippen LogP contribution in [0.25, 0.3) is 0 Å². The second kappa shape index (κ2) is 10.8.